The zero-order valence-electron chi connectivity index (χ0n) is 9.19. The van der Waals surface area contributed by atoms with E-state index in [-0.39, 0.29) is 5.54 Å². The molecule has 16 heavy (non-hydrogen) atoms. The van der Waals surface area contributed by atoms with Crippen molar-refractivity contribution in [2.75, 3.05) is 17.6 Å². The number of nitrogen functional groups attached to an aromatic ring is 1. The van der Waals surface area contributed by atoms with Crippen LogP contribution >= 0.6 is 0 Å². The van der Waals surface area contributed by atoms with Crippen molar-refractivity contribution >= 4 is 11.4 Å². The molecule has 0 aliphatic heterocycles. The van der Waals surface area contributed by atoms with Crippen LogP contribution < -0.4 is 16.8 Å². The average Bonchev–Trinajstić information content (AvgIpc) is 2.33. The molecule has 0 fully saturated rings. The summed E-state index contributed by atoms with van der Waals surface area (Å²) in [6, 6.07) is 7.71. The molecule has 2 rings (SSSR count). The Bertz CT molecular complexity index is 406. The van der Waals surface area contributed by atoms with Crippen molar-refractivity contribution in [3.05, 3.63) is 48.6 Å². The molecular weight excluding hydrogens is 198 g/mol. The van der Waals surface area contributed by atoms with Gasteiger partial charge in [-0.25, -0.2) is 0 Å². The zero-order chi connectivity index (χ0) is 11.4. The molecule has 1 aliphatic rings. The highest BCUT2D eigenvalue weighted by Gasteiger charge is 2.24. The van der Waals surface area contributed by atoms with Crippen molar-refractivity contribution in [2.24, 2.45) is 5.73 Å². The SMILES string of the molecule is NCC1(Nc2ccc(N)cc2)C=CC=CC1. The van der Waals surface area contributed by atoms with Crippen LogP contribution in [-0.2, 0) is 0 Å². The minimum absolute atomic E-state index is 0.162. The molecule has 84 valence electrons. The smallest absolute Gasteiger partial charge is 0.0715 e. The highest BCUT2D eigenvalue weighted by Crippen LogP contribution is 2.23. The van der Waals surface area contributed by atoms with Crippen LogP contribution in [0.5, 0.6) is 0 Å². The quantitative estimate of drug-likeness (QED) is 0.675. The molecular formula is C13H17N3. The van der Waals surface area contributed by atoms with Gasteiger partial charge in [0.15, 0.2) is 0 Å². The fourth-order valence-electron chi connectivity index (χ4n) is 1.81. The maximum Gasteiger partial charge on any atom is 0.0715 e. The molecule has 5 N–H and O–H groups in total. The number of allylic oxidation sites excluding steroid dienone is 2. The van der Waals surface area contributed by atoms with Crippen LogP contribution in [0.1, 0.15) is 6.42 Å². The van der Waals surface area contributed by atoms with E-state index in [2.05, 4.69) is 17.5 Å². The summed E-state index contributed by atoms with van der Waals surface area (Å²) in [5.74, 6) is 0. The lowest BCUT2D eigenvalue weighted by Crippen LogP contribution is -2.43. The van der Waals surface area contributed by atoms with Crippen LogP contribution in [0.4, 0.5) is 11.4 Å². The summed E-state index contributed by atoms with van der Waals surface area (Å²) in [6.07, 6.45) is 9.21. The summed E-state index contributed by atoms with van der Waals surface area (Å²) < 4.78 is 0. The molecule has 1 aliphatic carbocycles. The predicted molar refractivity (Wildman–Crippen MR) is 69.2 cm³/mol. The van der Waals surface area contributed by atoms with E-state index in [1.54, 1.807) is 0 Å². The van der Waals surface area contributed by atoms with Crippen LogP contribution in [0.3, 0.4) is 0 Å². The molecule has 0 aromatic heterocycles. The Morgan fingerprint density at radius 3 is 2.50 bits per heavy atom. The van der Waals surface area contributed by atoms with Gasteiger partial charge >= 0.3 is 0 Å². The molecule has 0 bridgehead atoms. The van der Waals surface area contributed by atoms with Crippen LogP contribution in [-0.4, -0.2) is 12.1 Å². The lowest BCUT2D eigenvalue weighted by atomic mass is 9.91. The molecule has 0 saturated heterocycles. The summed E-state index contributed by atoms with van der Waals surface area (Å²) in [4.78, 5) is 0. The Labute approximate surface area is 95.8 Å². The van der Waals surface area contributed by atoms with Gasteiger partial charge in [0.2, 0.25) is 0 Å². The van der Waals surface area contributed by atoms with E-state index >= 15 is 0 Å². The molecule has 3 heteroatoms. The van der Waals surface area contributed by atoms with Gasteiger partial charge in [-0.2, -0.15) is 0 Å². The van der Waals surface area contributed by atoms with Gasteiger partial charge in [-0.05, 0) is 30.7 Å². The number of benzene rings is 1. The average molecular weight is 215 g/mol. The number of hydrogen-bond donors (Lipinski definition) is 3. The second kappa shape index (κ2) is 4.41. The van der Waals surface area contributed by atoms with Crippen LogP contribution in [0.15, 0.2) is 48.6 Å². The normalized spacial score (nSPS) is 23.3. The Morgan fingerprint density at radius 1 is 1.19 bits per heavy atom. The summed E-state index contributed by atoms with van der Waals surface area (Å²) in [5, 5.41) is 3.45. The van der Waals surface area contributed by atoms with E-state index in [4.69, 9.17) is 11.5 Å². The van der Waals surface area contributed by atoms with Crippen molar-refractivity contribution in [3.63, 3.8) is 0 Å². The predicted octanol–water partition coefficient (Wildman–Crippen LogP) is 1.89. The number of rotatable bonds is 3. The van der Waals surface area contributed by atoms with E-state index < -0.39 is 0 Å². The highest BCUT2D eigenvalue weighted by atomic mass is 15.0. The largest absolute Gasteiger partial charge is 0.399 e. The summed E-state index contributed by atoms with van der Waals surface area (Å²) in [7, 11) is 0. The Kier molecular flexibility index (Phi) is 2.97. The zero-order valence-corrected chi connectivity index (χ0v) is 9.19. The van der Waals surface area contributed by atoms with Gasteiger partial charge in [-0.1, -0.05) is 24.3 Å². The van der Waals surface area contributed by atoms with Crippen LogP contribution in [0.25, 0.3) is 0 Å². The maximum atomic E-state index is 5.84. The van der Waals surface area contributed by atoms with Gasteiger partial charge in [0, 0.05) is 17.9 Å². The standard InChI is InChI=1S/C13H17N3/c14-10-13(8-2-1-3-9-13)16-12-6-4-11(15)5-7-12/h1-8,16H,9-10,14-15H2. The fourth-order valence-corrected chi connectivity index (χ4v) is 1.81. The van der Waals surface area contributed by atoms with Gasteiger partial charge in [-0.15, -0.1) is 0 Å². The topological polar surface area (TPSA) is 64.1 Å². The van der Waals surface area contributed by atoms with E-state index in [9.17, 15) is 0 Å². The first-order valence-corrected chi connectivity index (χ1v) is 5.42. The minimum atomic E-state index is -0.162. The minimum Gasteiger partial charge on any atom is -0.399 e. The number of hydrogen-bond acceptors (Lipinski definition) is 3. The van der Waals surface area contributed by atoms with Crippen molar-refractivity contribution in [3.8, 4) is 0 Å². The Balaban J connectivity index is 2.15. The second-order valence-corrected chi connectivity index (χ2v) is 4.10. The molecule has 1 unspecified atom stereocenters. The van der Waals surface area contributed by atoms with E-state index in [0.29, 0.717) is 6.54 Å². The van der Waals surface area contributed by atoms with Gasteiger partial charge in [-0.3, -0.25) is 0 Å². The number of anilines is 2. The molecule has 0 saturated carbocycles. The third-order valence-electron chi connectivity index (χ3n) is 2.81. The van der Waals surface area contributed by atoms with Crippen molar-refractivity contribution in [1.82, 2.24) is 0 Å². The third-order valence-corrected chi connectivity index (χ3v) is 2.81. The van der Waals surface area contributed by atoms with Crippen molar-refractivity contribution in [2.45, 2.75) is 12.0 Å². The van der Waals surface area contributed by atoms with Gasteiger partial charge < -0.3 is 16.8 Å². The van der Waals surface area contributed by atoms with E-state index in [1.807, 2.05) is 36.4 Å². The number of nitrogens with two attached hydrogens (primary N) is 2. The Morgan fingerprint density at radius 2 is 1.94 bits per heavy atom. The van der Waals surface area contributed by atoms with Crippen LogP contribution in [0.2, 0.25) is 0 Å². The first kappa shape index (κ1) is 10.8. The molecule has 0 amide bonds. The summed E-state index contributed by atoms with van der Waals surface area (Å²) >= 11 is 0. The van der Waals surface area contributed by atoms with E-state index in [0.717, 1.165) is 17.8 Å². The maximum absolute atomic E-state index is 5.84. The monoisotopic (exact) mass is 215 g/mol. The lowest BCUT2D eigenvalue weighted by Gasteiger charge is -2.32. The summed E-state index contributed by atoms with van der Waals surface area (Å²) in [6.45, 7) is 0.568. The summed E-state index contributed by atoms with van der Waals surface area (Å²) in [5.41, 5.74) is 13.1. The first-order valence-electron chi connectivity index (χ1n) is 5.42. The van der Waals surface area contributed by atoms with Gasteiger partial charge in [0.1, 0.15) is 0 Å². The molecule has 1 aromatic rings. The Hall–Kier alpha value is -1.74. The fraction of sp³-hybridized carbons (Fsp3) is 0.231. The number of nitrogens with one attached hydrogen (secondary N) is 1. The molecule has 0 radical (unpaired) electrons. The molecule has 1 aromatic carbocycles. The van der Waals surface area contributed by atoms with Gasteiger partial charge in [0.05, 0.1) is 5.54 Å². The highest BCUT2D eigenvalue weighted by molar-refractivity contribution is 5.54. The second-order valence-electron chi connectivity index (χ2n) is 4.10. The molecule has 3 nitrogen and oxygen atoms in total. The van der Waals surface area contributed by atoms with Crippen molar-refractivity contribution < 1.29 is 0 Å². The molecule has 0 spiro atoms. The van der Waals surface area contributed by atoms with E-state index in [1.165, 1.54) is 0 Å². The third kappa shape index (κ3) is 2.25. The molecule has 1 atom stereocenters. The lowest BCUT2D eigenvalue weighted by molar-refractivity contribution is 0.589. The first-order chi connectivity index (χ1) is 7.74. The van der Waals surface area contributed by atoms with Crippen LogP contribution in [0, 0.1) is 0 Å². The van der Waals surface area contributed by atoms with Crippen molar-refractivity contribution in [1.29, 1.82) is 0 Å². The van der Waals surface area contributed by atoms with Gasteiger partial charge in [0.25, 0.3) is 0 Å². The molecule has 0 heterocycles.